The molecule has 27 nitrogen and oxygen atoms in total. The smallest absolute Gasteiger partial charge is 1.00 e. The molecule has 11 heterocycles. The monoisotopic (exact) mass is 1710 g/mol. The molecule has 9 aliphatic rings. The molecule has 6 aromatic carbocycles. The van der Waals surface area contributed by atoms with E-state index in [4.69, 9.17) is 56.0 Å². The molecule has 111 heavy (non-hydrogen) atoms. The predicted molar refractivity (Wildman–Crippen MR) is 386 cm³/mol. The molecule has 2 aromatic heterocycles. The van der Waals surface area contributed by atoms with Crippen LogP contribution in [0.15, 0.2) is 150 Å². The van der Waals surface area contributed by atoms with E-state index in [0.29, 0.717) is 126 Å². The second-order valence-electron chi connectivity index (χ2n) is 26.2. The summed E-state index contributed by atoms with van der Waals surface area (Å²) in [5.74, 6) is 0.827. The zero-order valence-corrected chi connectivity index (χ0v) is 68.9. The summed E-state index contributed by atoms with van der Waals surface area (Å²) in [5.41, 5.74) is 19.0. The molecule has 6 unspecified atom stereocenters. The van der Waals surface area contributed by atoms with Gasteiger partial charge in [0.05, 0.1) is 28.4 Å². The molecule has 6 bridgehead atoms. The first kappa shape index (κ1) is 84.2. The number of ether oxygens (including phenoxy) is 6. The number of rotatable bonds is 7. The number of amides is 2. The number of nitrogens with zero attached hydrogens (tertiary/aromatic N) is 5. The van der Waals surface area contributed by atoms with E-state index >= 15 is 0 Å². The number of piperidine rings is 3. The standard InChI is InChI=1S/C25H20F3N3O5.C24H22F3N3O4.C23H21N3O4.CH3I.CH2O3.CH4O2.2K.H/c1-34-18-4-2-3-17-20(13-9-14-6-7-15(10-13)31(14)23(32)25(26,27)28)16-8-5-12(11-19(16)35-21(17)18)22-29-24(33)36-30-22;1-33-18-4-2-3-17-20(16-8-5-12(22(28)29-32)11-19(16)34-21(17)18)13-9-14-6-7-15(10-13)30(14)23(31)24(25,26)27;1-28-18-4-2-3-17-20(13-9-14-6-7-15(10-13)24-14)16-8-5-12(11-19(16)29-21(17)18)22-25-23(27)30-26-22;1-2;2-1-4-3;1-3-2;;;/h2-5,8,11,14-15H,6-7,9-10H2,1H3,(H,29,30,33);2-5,8,11,14-15,32H,6-7,9-10H2,1H3,(H2,28,29);2-5,8,11,14-15,24H,6-7,9-10H2,1H3,(H,25,26,27);1H3;1,3H;2H,1H3;;;/q;;;;;;2*+1;-1/p-1/i;;;1D;;;;;. The first-order chi connectivity index (χ1) is 52.9. The second kappa shape index (κ2) is 37.1. The Morgan fingerprint density at radius 2 is 0.928 bits per heavy atom. The topological polar surface area (TPSA) is 363 Å². The summed E-state index contributed by atoms with van der Waals surface area (Å²) in [7, 11) is 5.89. The number of H-pyrrole nitrogens is 2. The molecule has 36 heteroatoms. The molecule has 8 aromatic rings. The van der Waals surface area contributed by atoms with E-state index in [1.165, 1.54) is 45.3 Å². The van der Waals surface area contributed by atoms with Gasteiger partial charge in [0, 0.05) is 87.7 Å². The maximum Gasteiger partial charge on any atom is 1.00 e. The van der Waals surface area contributed by atoms with Crippen LogP contribution in [0.4, 0.5) is 26.3 Å². The van der Waals surface area contributed by atoms with Crippen molar-refractivity contribution < 1.29 is 209 Å². The van der Waals surface area contributed by atoms with E-state index < -0.39 is 59.8 Å². The third-order valence-corrected chi connectivity index (χ3v) is 20.2. The molecule has 0 radical (unpaired) electrons. The Morgan fingerprint density at radius 1 is 0.595 bits per heavy atom. The van der Waals surface area contributed by atoms with Gasteiger partial charge in [-0.25, -0.2) is 14.5 Å². The number of amidine groups is 1. The van der Waals surface area contributed by atoms with Crippen LogP contribution in [-0.4, -0.2) is 147 Å². The van der Waals surface area contributed by atoms with Crippen molar-refractivity contribution in [3.8, 4) is 74.5 Å². The summed E-state index contributed by atoms with van der Waals surface area (Å²) in [6.07, 6.45) is -1.78. The first-order valence-corrected chi connectivity index (χ1v) is 35.5. The van der Waals surface area contributed by atoms with Crippen molar-refractivity contribution in [1.82, 2.24) is 35.4 Å². The number of aromatic nitrogens is 4. The molecular weight excluding hydrogens is 1630 g/mol. The molecule has 576 valence electrons. The van der Waals surface area contributed by atoms with Gasteiger partial charge in [0.1, 0.15) is 17.2 Å². The van der Waals surface area contributed by atoms with Crippen LogP contribution < -0.4 is 159 Å². The SMILES string of the molecule is COO.COc1cccc2c1Oc1cc(-c3noc(=O)[nH]3)ccc1C2=C1CC2CCC(C1)N2.COc1cccc2c1Oc1cc(-c3noc(=O)[nH]3)ccc1C2=C1CC2CCC(C1)N2C(=O)C(F)(F)F.COc1cccc2c1Oc1cc(/C(N)=N/O)ccc1C2=C1CC2CCC(C1)N2C(=O)C(F)(F)F.O=CO[O-].[2H]CI.[H-].[K+].[K+]. The molecule has 2 amide bonds. The minimum atomic E-state index is -4.89. The first-order valence-electron chi connectivity index (χ1n) is 34.7. The number of nitrogens with two attached hydrogens (primary N) is 1. The number of fused-ring (bicyclic) bond motifs is 12. The fourth-order valence-electron chi connectivity index (χ4n) is 16.0. The third kappa shape index (κ3) is 18.0. The van der Waals surface area contributed by atoms with Crippen LogP contribution in [0, 0.1) is 0 Å². The maximum atomic E-state index is 13.2. The van der Waals surface area contributed by atoms with Crippen molar-refractivity contribution in [2.75, 3.05) is 33.3 Å². The van der Waals surface area contributed by atoms with Crippen molar-refractivity contribution in [1.29, 1.82) is 0 Å². The number of alkyl halides is 7. The Hall–Kier alpha value is -7.68. The quantitative estimate of drug-likeness (QED) is 0.00929. The number of para-hydroxylation sites is 3. The number of halogens is 7. The van der Waals surface area contributed by atoms with Gasteiger partial charge in [-0.05, 0) is 153 Å². The number of hydrogen-bond acceptors (Lipinski definition) is 22. The fourth-order valence-corrected chi connectivity index (χ4v) is 16.0. The number of methoxy groups -OCH3 is 3. The number of nitrogens with one attached hydrogen (secondary N) is 3. The van der Waals surface area contributed by atoms with Crippen molar-refractivity contribution in [2.24, 2.45) is 10.9 Å². The van der Waals surface area contributed by atoms with Crippen molar-refractivity contribution in [3.63, 3.8) is 0 Å². The van der Waals surface area contributed by atoms with E-state index in [-0.39, 0.29) is 122 Å². The number of benzene rings is 6. The van der Waals surface area contributed by atoms with Crippen molar-refractivity contribution >= 4 is 63.4 Å². The van der Waals surface area contributed by atoms with Crippen LogP contribution >= 0.6 is 22.6 Å². The Balaban J connectivity index is 0.000000181. The van der Waals surface area contributed by atoms with Gasteiger partial charge >= 0.3 is 138 Å². The summed E-state index contributed by atoms with van der Waals surface area (Å²) in [5, 5.41) is 38.9. The van der Waals surface area contributed by atoms with Crippen LogP contribution in [-0.2, 0) is 24.2 Å². The van der Waals surface area contributed by atoms with Gasteiger partial charge in [0.15, 0.2) is 52.0 Å². The second-order valence-corrected chi connectivity index (χ2v) is 26.2. The van der Waals surface area contributed by atoms with Gasteiger partial charge in [-0.2, -0.15) is 26.3 Å². The molecule has 7 N–H and O–H groups in total. The Morgan fingerprint density at radius 3 is 1.23 bits per heavy atom. The van der Waals surface area contributed by atoms with Crippen LogP contribution in [0.1, 0.15) is 119 Å². The number of hydrogen-bond donors (Lipinski definition) is 6. The largest absolute Gasteiger partial charge is 1.00 e. The minimum absolute atomic E-state index is 0. The fraction of sp³-hybridized carbons (Fsp3) is 0.333. The Bertz CT molecular complexity index is 5030. The summed E-state index contributed by atoms with van der Waals surface area (Å²) in [6, 6.07) is 32.4. The molecule has 6 atom stereocenters. The molecule has 0 aliphatic carbocycles. The molecule has 9 aliphatic heterocycles. The molecule has 0 saturated carbocycles. The predicted octanol–water partition coefficient (Wildman–Crippen LogP) is 6.65. The van der Waals surface area contributed by atoms with Crippen LogP contribution in [0.3, 0.4) is 0 Å². The van der Waals surface area contributed by atoms with Gasteiger partial charge in [0.2, 0.25) is 0 Å². The number of carbonyl (C=O) groups excluding carboxylic acids is 3. The molecule has 6 saturated heterocycles. The molecular formula is C75H72F6IK2N9O18. The molecule has 6 fully saturated rings. The molecule has 17 rings (SSSR count). The van der Waals surface area contributed by atoms with E-state index in [1.807, 2.05) is 83.3 Å². The summed E-state index contributed by atoms with van der Waals surface area (Å²) < 4.78 is 130. The van der Waals surface area contributed by atoms with Crippen LogP contribution in [0.5, 0.6) is 51.7 Å². The Kier molecular flexibility index (Phi) is 28.1. The normalized spacial score (nSPS) is 19.7. The van der Waals surface area contributed by atoms with E-state index in [2.05, 4.69) is 55.6 Å². The number of oxime groups is 1. The van der Waals surface area contributed by atoms with E-state index in [9.17, 15) is 45.5 Å². The van der Waals surface area contributed by atoms with Gasteiger partial charge in [-0.1, -0.05) is 109 Å². The van der Waals surface area contributed by atoms with E-state index in [0.717, 1.165) is 95.4 Å². The summed E-state index contributed by atoms with van der Waals surface area (Å²) in [6.45, 7) is -0.181. The van der Waals surface area contributed by atoms with Gasteiger partial charge in [-0.3, -0.25) is 38.7 Å². The van der Waals surface area contributed by atoms with E-state index in [1.54, 1.807) is 49.6 Å². The minimum Gasteiger partial charge on any atom is -1.00 e. The maximum absolute atomic E-state index is 13.2. The van der Waals surface area contributed by atoms with Gasteiger partial charge in [0.25, 0.3) is 6.47 Å². The number of aromatic amines is 2. The summed E-state index contributed by atoms with van der Waals surface area (Å²) >= 11 is 1.96. The van der Waals surface area contributed by atoms with Gasteiger partial charge in [-0.15, -0.1) is 0 Å². The third-order valence-electron chi connectivity index (χ3n) is 20.2. The zero-order valence-electron chi connectivity index (χ0n) is 62.5. The average Bonchev–Trinajstić information content (AvgIpc) is 1.72. The number of carbonyl (C=O) groups is 3. The molecule has 0 spiro atoms. The van der Waals surface area contributed by atoms with Crippen LogP contribution in [0.25, 0.3) is 39.5 Å². The van der Waals surface area contributed by atoms with Crippen molar-refractivity contribution in [2.45, 2.75) is 126 Å². The Labute approximate surface area is 730 Å². The summed E-state index contributed by atoms with van der Waals surface area (Å²) in [4.78, 5) is 69.1. The van der Waals surface area contributed by atoms with Crippen LogP contribution in [0.2, 0.25) is 0 Å². The zero-order chi connectivity index (χ0) is 78.5. The van der Waals surface area contributed by atoms with Crippen molar-refractivity contribution in [3.05, 3.63) is 186 Å². The van der Waals surface area contributed by atoms with Gasteiger partial charge < -0.3 is 66.1 Å². The average molecular weight is 1710 g/mol.